The minimum Gasteiger partial charge on any atom is -0.497 e. The van der Waals surface area contributed by atoms with Crippen molar-refractivity contribution in [2.75, 3.05) is 40.0 Å². The third-order valence-corrected chi connectivity index (χ3v) is 4.14. The normalized spacial score (nSPS) is 12.3. The molecule has 3 N–H and O–H groups in total. The third-order valence-electron chi connectivity index (χ3n) is 4.14. The van der Waals surface area contributed by atoms with Crippen LogP contribution in [0.5, 0.6) is 11.5 Å². The van der Waals surface area contributed by atoms with Crippen LogP contribution < -0.4 is 20.1 Å². The van der Waals surface area contributed by atoms with Crippen LogP contribution in [-0.4, -0.2) is 51.0 Å². The van der Waals surface area contributed by atoms with Gasteiger partial charge in [0.05, 0.1) is 13.7 Å². The highest BCUT2D eigenvalue weighted by Crippen LogP contribution is 2.17. The lowest BCUT2D eigenvalue weighted by atomic mass is 9.94. The topological polar surface area (TPSA) is 75.1 Å². The number of ether oxygens (including phenoxy) is 2. The Morgan fingerprint density at radius 2 is 1.82 bits per heavy atom. The number of methoxy groups -OCH3 is 1. The minimum atomic E-state index is 0. The number of nitrogens with zero attached hydrogens (tertiary/aromatic N) is 1. The number of halogens is 1. The number of aliphatic hydroxyl groups excluding tert-OH is 1. The van der Waals surface area contributed by atoms with Crippen molar-refractivity contribution in [2.24, 2.45) is 16.8 Å². The van der Waals surface area contributed by atoms with Crippen LogP contribution in [0, 0.1) is 11.8 Å². The van der Waals surface area contributed by atoms with Crippen molar-refractivity contribution in [2.45, 2.75) is 40.0 Å². The lowest BCUT2D eigenvalue weighted by molar-refractivity contribution is 0.245. The molecule has 28 heavy (non-hydrogen) atoms. The van der Waals surface area contributed by atoms with Gasteiger partial charge in [-0.25, -0.2) is 0 Å². The van der Waals surface area contributed by atoms with Crippen LogP contribution in [0.25, 0.3) is 0 Å². The Bertz CT molecular complexity index is 524. The highest BCUT2D eigenvalue weighted by atomic mass is 127. The van der Waals surface area contributed by atoms with Gasteiger partial charge in [-0.1, -0.05) is 13.8 Å². The summed E-state index contributed by atoms with van der Waals surface area (Å²) in [6.45, 7) is 9.68. The molecule has 0 aromatic heterocycles. The molecule has 0 aliphatic rings. The highest BCUT2D eigenvalue weighted by Gasteiger charge is 2.10. The molecule has 0 heterocycles. The second-order valence-corrected chi connectivity index (χ2v) is 7.03. The van der Waals surface area contributed by atoms with Gasteiger partial charge < -0.3 is 25.2 Å². The summed E-state index contributed by atoms with van der Waals surface area (Å²) in [4.78, 5) is 4.69. The molecule has 6 nitrogen and oxygen atoms in total. The molecule has 0 amide bonds. The quantitative estimate of drug-likeness (QED) is 0.164. The van der Waals surface area contributed by atoms with Crippen molar-refractivity contribution in [1.29, 1.82) is 0 Å². The van der Waals surface area contributed by atoms with Gasteiger partial charge in [0.15, 0.2) is 5.96 Å². The third kappa shape index (κ3) is 12.3. The van der Waals surface area contributed by atoms with Crippen molar-refractivity contribution in [3.63, 3.8) is 0 Å². The number of hydrogen-bond donors (Lipinski definition) is 3. The lowest BCUT2D eigenvalue weighted by Crippen LogP contribution is -2.38. The summed E-state index contributed by atoms with van der Waals surface area (Å²) in [5.74, 6) is 3.53. The lowest BCUT2D eigenvalue weighted by Gasteiger charge is -2.17. The van der Waals surface area contributed by atoms with Crippen molar-refractivity contribution >= 4 is 29.9 Å². The van der Waals surface area contributed by atoms with Gasteiger partial charge >= 0.3 is 0 Å². The van der Waals surface area contributed by atoms with E-state index in [1.807, 2.05) is 24.3 Å². The predicted octanol–water partition coefficient (Wildman–Crippen LogP) is 3.68. The largest absolute Gasteiger partial charge is 0.497 e. The summed E-state index contributed by atoms with van der Waals surface area (Å²) in [5, 5.41) is 15.9. The molecule has 1 unspecified atom stereocenters. The van der Waals surface area contributed by atoms with Crippen LogP contribution >= 0.6 is 24.0 Å². The first-order chi connectivity index (χ1) is 13.1. The summed E-state index contributed by atoms with van der Waals surface area (Å²) in [5.41, 5.74) is 0. The molecule has 1 aromatic rings. The summed E-state index contributed by atoms with van der Waals surface area (Å²) < 4.78 is 10.9. The zero-order valence-electron chi connectivity index (χ0n) is 17.7. The smallest absolute Gasteiger partial charge is 0.191 e. The Labute approximate surface area is 187 Å². The minimum absolute atomic E-state index is 0. The molecule has 1 atom stereocenters. The molecule has 0 spiro atoms. The van der Waals surface area contributed by atoms with Crippen LogP contribution in [0.4, 0.5) is 0 Å². The Balaban J connectivity index is 0.00000729. The molecule has 0 fully saturated rings. The molecule has 1 aromatic carbocycles. The van der Waals surface area contributed by atoms with Gasteiger partial charge in [0.1, 0.15) is 11.5 Å². The molecule has 0 aliphatic carbocycles. The van der Waals surface area contributed by atoms with E-state index in [0.717, 1.165) is 56.4 Å². The molecule has 162 valence electrons. The summed E-state index contributed by atoms with van der Waals surface area (Å²) in [6.07, 6.45) is 2.76. The monoisotopic (exact) mass is 507 g/mol. The van der Waals surface area contributed by atoms with Gasteiger partial charge in [-0.05, 0) is 62.3 Å². The number of guanidine groups is 1. The van der Waals surface area contributed by atoms with Gasteiger partial charge in [0, 0.05) is 26.2 Å². The first-order valence-corrected chi connectivity index (χ1v) is 9.98. The van der Waals surface area contributed by atoms with Gasteiger partial charge in [-0.3, -0.25) is 4.99 Å². The van der Waals surface area contributed by atoms with E-state index in [1.165, 1.54) is 0 Å². The fourth-order valence-corrected chi connectivity index (χ4v) is 2.84. The number of aliphatic hydroxyl groups is 1. The zero-order chi connectivity index (χ0) is 19.9. The van der Waals surface area contributed by atoms with E-state index in [9.17, 15) is 5.11 Å². The van der Waals surface area contributed by atoms with Crippen molar-refractivity contribution in [3.05, 3.63) is 24.3 Å². The van der Waals surface area contributed by atoms with Crippen LogP contribution in [-0.2, 0) is 0 Å². The van der Waals surface area contributed by atoms with Crippen molar-refractivity contribution < 1.29 is 14.6 Å². The first kappa shape index (κ1) is 26.8. The van der Waals surface area contributed by atoms with Crippen LogP contribution in [0.1, 0.15) is 40.0 Å². The second-order valence-electron chi connectivity index (χ2n) is 7.03. The molecular formula is C21H38IN3O3. The number of hydrogen-bond acceptors (Lipinski definition) is 4. The SMILES string of the molecule is CCNC(=NCC(CCO)CC(C)C)NCCCOc1ccc(OC)cc1.I. The predicted molar refractivity (Wildman–Crippen MR) is 127 cm³/mol. The van der Waals surface area contributed by atoms with E-state index in [4.69, 9.17) is 9.47 Å². The van der Waals surface area contributed by atoms with E-state index in [-0.39, 0.29) is 30.6 Å². The van der Waals surface area contributed by atoms with Crippen molar-refractivity contribution in [1.82, 2.24) is 10.6 Å². The summed E-state index contributed by atoms with van der Waals surface area (Å²) in [7, 11) is 1.65. The Hall–Kier alpha value is -1.22. The second kappa shape index (κ2) is 16.7. The Morgan fingerprint density at radius 1 is 1.14 bits per heavy atom. The average molecular weight is 507 g/mol. The number of nitrogens with one attached hydrogen (secondary N) is 2. The Morgan fingerprint density at radius 3 is 2.39 bits per heavy atom. The van der Waals surface area contributed by atoms with E-state index < -0.39 is 0 Å². The average Bonchev–Trinajstić information content (AvgIpc) is 2.65. The highest BCUT2D eigenvalue weighted by molar-refractivity contribution is 14.0. The van der Waals surface area contributed by atoms with Gasteiger partial charge in [-0.2, -0.15) is 0 Å². The first-order valence-electron chi connectivity index (χ1n) is 9.98. The zero-order valence-corrected chi connectivity index (χ0v) is 20.1. The number of benzene rings is 1. The van der Waals surface area contributed by atoms with Crippen LogP contribution in [0.3, 0.4) is 0 Å². The van der Waals surface area contributed by atoms with Gasteiger partial charge in [0.25, 0.3) is 0 Å². The number of rotatable bonds is 13. The maximum absolute atomic E-state index is 9.24. The Kier molecular flexibility index (Phi) is 16.0. The molecule has 0 saturated carbocycles. The molecular weight excluding hydrogens is 469 g/mol. The van der Waals surface area contributed by atoms with E-state index in [0.29, 0.717) is 18.4 Å². The summed E-state index contributed by atoms with van der Waals surface area (Å²) >= 11 is 0. The fourth-order valence-electron chi connectivity index (χ4n) is 2.84. The van der Waals surface area contributed by atoms with Crippen LogP contribution in [0.15, 0.2) is 29.3 Å². The molecule has 0 aliphatic heterocycles. The maximum atomic E-state index is 9.24. The van der Waals surface area contributed by atoms with Crippen molar-refractivity contribution in [3.8, 4) is 11.5 Å². The summed E-state index contributed by atoms with van der Waals surface area (Å²) in [6, 6.07) is 7.61. The van der Waals surface area contributed by atoms with Crippen LogP contribution in [0.2, 0.25) is 0 Å². The molecule has 0 bridgehead atoms. The van der Waals surface area contributed by atoms with Gasteiger partial charge in [-0.15, -0.1) is 24.0 Å². The molecule has 7 heteroatoms. The molecule has 0 saturated heterocycles. The van der Waals surface area contributed by atoms with E-state index in [2.05, 4.69) is 36.4 Å². The van der Waals surface area contributed by atoms with E-state index >= 15 is 0 Å². The molecule has 0 radical (unpaired) electrons. The standard InChI is InChI=1S/C21H37N3O3.HI/c1-5-22-21(24-16-18(11-13-25)15-17(2)3)23-12-6-14-27-20-9-7-19(26-4)8-10-20;/h7-10,17-18,25H,5-6,11-16H2,1-4H3,(H2,22,23,24);1H. The number of aliphatic imine (C=N–C) groups is 1. The van der Waals surface area contributed by atoms with E-state index in [1.54, 1.807) is 7.11 Å². The maximum Gasteiger partial charge on any atom is 0.191 e. The molecule has 1 rings (SSSR count). The van der Waals surface area contributed by atoms with Gasteiger partial charge in [0.2, 0.25) is 0 Å². The fraction of sp³-hybridized carbons (Fsp3) is 0.667.